The van der Waals surface area contributed by atoms with Crippen molar-refractivity contribution in [1.29, 1.82) is 0 Å². The number of aryl methyl sites for hydroxylation is 1. The number of fused-ring (bicyclic) bond motifs is 1. The number of rotatable bonds is 12. The van der Waals surface area contributed by atoms with E-state index in [0.717, 1.165) is 30.5 Å². The van der Waals surface area contributed by atoms with Gasteiger partial charge in [0.05, 0.1) is 19.1 Å². The van der Waals surface area contributed by atoms with E-state index in [1.165, 1.54) is 0 Å². The molecule has 0 spiro atoms. The van der Waals surface area contributed by atoms with Crippen LogP contribution in [0.4, 0.5) is 5.69 Å². The van der Waals surface area contributed by atoms with Crippen LogP contribution < -0.4 is 18.9 Å². The number of benzene rings is 1. The number of aliphatic hydroxyl groups is 1. The van der Waals surface area contributed by atoms with Gasteiger partial charge in [-0.15, -0.1) is 0 Å². The highest BCUT2D eigenvalue weighted by atomic mass is 16.7. The zero-order valence-corrected chi connectivity index (χ0v) is 24.4. The van der Waals surface area contributed by atoms with Crippen molar-refractivity contribution in [2.75, 3.05) is 44.4 Å². The van der Waals surface area contributed by atoms with Crippen molar-refractivity contribution < 1.29 is 38.6 Å². The molecule has 3 atom stereocenters. The molecule has 0 bridgehead atoms. The summed E-state index contributed by atoms with van der Waals surface area (Å²) >= 11 is 0. The second-order valence-electron chi connectivity index (χ2n) is 11.4. The van der Waals surface area contributed by atoms with Crippen LogP contribution in [0.1, 0.15) is 56.1 Å². The van der Waals surface area contributed by atoms with Crippen molar-refractivity contribution in [3.8, 4) is 11.5 Å². The molecule has 1 aromatic heterocycles. The summed E-state index contributed by atoms with van der Waals surface area (Å²) in [6, 6.07) is 6.94. The van der Waals surface area contributed by atoms with E-state index in [9.17, 15) is 24.6 Å². The average Bonchev–Trinajstić information content (AvgIpc) is 3.70. The van der Waals surface area contributed by atoms with Crippen LogP contribution in [0.5, 0.6) is 11.5 Å². The maximum atomic E-state index is 13.9. The molecule has 2 N–H and O–H groups in total. The Hall–Kier alpha value is -3.70. The van der Waals surface area contributed by atoms with Gasteiger partial charge in [0.2, 0.25) is 18.6 Å². The van der Waals surface area contributed by atoms with Gasteiger partial charge in [-0.3, -0.25) is 19.3 Å². The van der Waals surface area contributed by atoms with Gasteiger partial charge in [0.15, 0.2) is 23.9 Å². The normalized spacial score (nSPS) is 21.7. The largest absolute Gasteiger partial charge is 0.481 e. The molecule has 5 rings (SSSR count). The number of nitrogens with zero attached hydrogens (tertiary/aromatic N) is 4. The second kappa shape index (κ2) is 13.1. The molecule has 3 aliphatic heterocycles. The first-order valence-electron chi connectivity index (χ1n) is 14.8. The Bertz CT molecular complexity index is 1320. The van der Waals surface area contributed by atoms with Crippen LogP contribution in [0.2, 0.25) is 0 Å². The van der Waals surface area contributed by atoms with Gasteiger partial charge in [-0.25, -0.2) is 4.57 Å². The summed E-state index contributed by atoms with van der Waals surface area (Å²) in [6.07, 6.45) is 7.36. The van der Waals surface area contributed by atoms with Crippen LogP contribution in [-0.4, -0.2) is 83.4 Å². The second-order valence-corrected chi connectivity index (χ2v) is 11.4. The molecule has 1 aromatic carbocycles. The summed E-state index contributed by atoms with van der Waals surface area (Å²) in [6.45, 7) is 3.93. The lowest BCUT2D eigenvalue weighted by Crippen LogP contribution is -2.46. The molecule has 2 amide bonds. The number of carbonyl (C=O) groups excluding carboxylic acids is 2. The number of anilines is 1. The lowest BCUT2D eigenvalue weighted by Gasteiger charge is -2.30. The van der Waals surface area contributed by atoms with Gasteiger partial charge in [-0.2, -0.15) is 0 Å². The maximum absolute atomic E-state index is 13.9. The van der Waals surface area contributed by atoms with E-state index in [4.69, 9.17) is 9.47 Å². The fraction of sp³-hybridized carbons (Fsp3) is 0.548. The third-order valence-electron chi connectivity index (χ3n) is 8.68. The first-order chi connectivity index (χ1) is 20.3. The predicted molar refractivity (Wildman–Crippen MR) is 153 cm³/mol. The molecule has 0 aliphatic carbocycles. The molecule has 2 fully saturated rings. The minimum absolute atomic E-state index is 0.0385. The zero-order valence-electron chi connectivity index (χ0n) is 24.4. The number of aromatic nitrogens is 1. The molecular weight excluding hydrogens is 540 g/mol. The van der Waals surface area contributed by atoms with Gasteiger partial charge < -0.3 is 29.5 Å². The summed E-state index contributed by atoms with van der Waals surface area (Å²) in [5.74, 6) is -1.27. The van der Waals surface area contributed by atoms with E-state index in [1.54, 1.807) is 21.9 Å². The van der Waals surface area contributed by atoms with E-state index in [1.807, 2.05) is 41.0 Å². The lowest BCUT2D eigenvalue weighted by molar-refractivity contribution is -0.670. The number of hydrogen-bond donors (Lipinski definition) is 2. The summed E-state index contributed by atoms with van der Waals surface area (Å²) in [4.78, 5) is 44.8. The zero-order chi connectivity index (χ0) is 29.8. The van der Waals surface area contributed by atoms with Crippen molar-refractivity contribution in [2.45, 2.75) is 57.6 Å². The highest BCUT2D eigenvalue weighted by Gasteiger charge is 2.48. The Labute approximate surface area is 246 Å². The van der Waals surface area contributed by atoms with Gasteiger partial charge in [0.25, 0.3) is 0 Å². The summed E-state index contributed by atoms with van der Waals surface area (Å²) in [7, 11) is 1.91. The molecule has 0 saturated carbocycles. The van der Waals surface area contributed by atoms with Crippen LogP contribution in [0.25, 0.3) is 0 Å². The maximum Gasteiger partial charge on any atom is 0.308 e. The number of amides is 2. The number of hydrogen-bond acceptors (Lipinski definition) is 7. The molecule has 2 aromatic rings. The van der Waals surface area contributed by atoms with Crippen LogP contribution in [-0.2, 0) is 28.0 Å². The Balaban J connectivity index is 1.46. The van der Waals surface area contributed by atoms with E-state index in [-0.39, 0.29) is 31.8 Å². The van der Waals surface area contributed by atoms with Crippen LogP contribution >= 0.6 is 0 Å². The molecule has 11 heteroatoms. The van der Waals surface area contributed by atoms with Crippen molar-refractivity contribution in [3.63, 3.8) is 0 Å². The number of carboxylic acids is 1. The first-order valence-corrected chi connectivity index (χ1v) is 14.8. The first kappa shape index (κ1) is 29.8. The summed E-state index contributed by atoms with van der Waals surface area (Å²) in [5.41, 5.74) is 2.07. The number of aliphatic hydroxyl groups excluding tert-OH is 1. The highest BCUT2D eigenvalue weighted by molar-refractivity contribution is 5.94. The fourth-order valence-corrected chi connectivity index (χ4v) is 6.56. The number of pyridine rings is 1. The number of aliphatic carboxylic acids is 1. The number of ether oxygens (including phenoxy) is 2. The molecule has 11 nitrogen and oxygen atoms in total. The molecule has 2 saturated heterocycles. The summed E-state index contributed by atoms with van der Waals surface area (Å²) < 4.78 is 13.0. The van der Waals surface area contributed by atoms with Gasteiger partial charge in [-0.05, 0) is 43.0 Å². The molecule has 3 aliphatic rings. The Morgan fingerprint density at radius 1 is 1.24 bits per heavy atom. The van der Waals surface area contributed by atoms with Crippen molar-refractivity contribution in [3.05, 3.63) is 47.8 Å². The Morgan fingerprint density at radius 2 is 2.07 bits per heavy atom. The fourth-order valence-electron chi connectivity index (χ4n) is 6.56. The smallest absolute Gasteiger partial charge is 0.308 e. The molecule has 0 radical (unpaired) electrons. The molecule has 4 heterocycles. The minimum atomic E-state index is -0.950. The third kappa shape index (κ3) is 6.22. The topological polar surface area (TPSA) is 124 Å². The van der Waals surface area contributed by atoms with Crippen LogP contribution in [0.3, 0.4) is 0 Å². The molecule has 0 unspecified atom stereocenters. The van der Waals surface area contributed by atoms with Gasteiger partial charge in [0, 0.05) is 56.2 Å². The quantitative estimate of drug-likeness (QED) is 0.365. The third-order valence-corrected chi connectivity index (χ3v) is 8.68. The number of unbranched alkanes of at least 4 members (excludes halogenated alkanes) is 1. The van der Waals surface area contributed by atoms with E-state index >= 15 is 0 Å². The van der Waals surface area contributed by atoms with Crippen LogP contribution in [0.15, 0.2) is 36.7 Å². The van der Waals surface area contributed by atoms with E-state index in [0.29, 0.717) is 56.1 Å². The number of likely N-dealkylation sites (tertiary alicyclic amines) is 2. The lowest BCUT2D eigenvalue weighted by atomic mass is 9.83. The van der Waals surface area contributed by atoms with E-state index in [2.05, 4.69) is 6.92 Å². The Kier molecular flexibility index (Phi) is 9.27. The number of carboxylic acid groups (broad SMARTS) is 1. The minimum Gasteiger partial charge on any atom is -0.481 e. The van der Waals surface area contributed by atoms with Crippen molar-refractivity contribution in [2.24, 2.45) is 13.0 Å². The van der Waals surface area contributed by atoms with Gasteiger partial charge in [0.1, 0.15) is 12.7 Å². The monoisotopic (exact) mass is 581 g/mol. The van der Waals surface area contributed by atoms with Crippen molar-refractivity contribution in [1.82, 2.24) is 9.80 Å². The summed E-state index contributed by atoms with van der Waals surface area (Å²) in [5, 5.41) is 20.6. The molecule has 226 valence electrons. The number of carbonyl (C=O) groups is 3. The molecule has 42 heavy (non-hydrogen) atoms. The highest BCUT2D eigenvalue weighted by Crippen LogP contribution is 2.44. The van der Waals surface area contributed by atoms with E-state index < -0.39 is 23.8 Å². The van der Waals surface area contributed by atoms with Crippen LogP contribution in [0, 0.1) is 5.92 Å². The van der Waals surface area contributed by atoms with Crippen molar-refractivity contribution >= 4 is 23.5 Å². The SMILES string of the molecule is CCCCN(C(=O)CN1C[C@H](c2cc(CO)c3c(c2)OCO3)[C@@H](C(=O)O)[C@@H]1CCN1CCCC1=O)c1ccc[n+](C)c1. The molecular formula is C31H41N4O7+. The standard InChI is InChI=1S/C31H40N4O7/c1-3-4-12-35(23-7-5-10-32(2)16-23)28(38)18-34-17-24(21-14-22(19-36)30-26(15-21)41-20-42-30)29(31(39)40)25(34)9-13-33-11-6-8-27(33)37/h5,7,10,14-16,24-25,29,36H,3-4,6,8-9,11-13,17-20H2,1-2H3/p+1/t24-,25+,29-/m1/s1. The Morgan fingerprint density at radius 3 is 2.76 bits per heavy atom. The predicted octanol–water partition coefficient (Wildman–Crippen LogP) is 2.05. The van der Waals surface area contributed by atoms with Gasteiger partial charge in [-0.1, -0.05) is 13.3 Å². The van der Waals surface area contributed by atoms with Gasteiger partial charge >= 0.3 is 5.97 Å². The average molecular weight is 582 g/mol.